The Kier molecular flexibility index (Phi) is 2.17. The summed E-state index contributed by atoms with van der Waals surface area (Å²) < 4.78 is 2.71. The molecule has 0 radical (unpaired) electrons. The van der Waals surface area contributed by atoms with Crippen molar-refractivity contribution in [3.8, 4) is 0 Å². The number of rotatable bonds is 0. The highest BCUT2D eigenvalue weighted by Gasteiger charge is 2.47. The molecule has 1 saturated carbocycles. The van der Waals surface area contributed by atoms with Gasteiger partial charge in [-0.3, -0.25) is 0 Å². The molecular formula is C16H17BrS. The second-order valence-corrected chi connectivity index (χ2v) is 8.36. The maximum absolute atomic E-state index is 3.69. The zero-order chi connectivity index (χ0) is 12.5. The fourth-order valence-electron chi connectivity index (χ4n) is 3.93. The Morgan fingerprint density at radius 1 is 1.00 bits per heavy atom. The van der Waals surface area contributed by atoms with Crippen LogP contribution < -0.4 is 0 Å². The predicted molar refractivity (Wildman–Crippen MR) is 82.7 cm³/mol. The van der Waals surface area contributed by atoms with Gasteiger partial charge >= 0.3 is 0 Å². The highest BCUT2D eigenvalue weighted by atomic mass is 79.9. The largest absolute Gasteiger partial charge is 0.143 e. The molecule has 5 rings (SSSR count). The summed E-state index contributed by atoms with van der Waals surface area (Å²) in [4.78, 5) is 0. The van der Waals surface area contributed by atoms with E-state index in [1.54, 1.807) is 11.1 Å². The second-order valence-electron chi connectivity index (χ2n) is 6.60. The lowest BCUT2D eigenvalue weighted by Gasteiger charge is -2.52. The molecule has 1 heterocycles. The minimum Gasteiger partial charge on any atom is -0.143 e. The standard InChI is InChI=1S/C16H17BrS/c1-15-3-5-16(2,6-4-15)12-8-14-10(7-11(12)15)13(17)9-18-14/h7-9H,3-6H2,1-2H3. The summed E-state index contributed by atoms with van der Waals surface area (Å²) in [5.41, 5.74) is 4.15. The highest BCUT2D eigenvalue weighted by Crippen LogP contribution is 2.57. The number of fused-ring (bicyclic) bond motifs is 3. The molecule has 3 aliphatic rings. The molecule has 0 saturated heterocycles. The van der Waals surface area contributed by atoms with Crippen molar-refractivity contribution in [3.63, 3.8) is 0 Å². The van der Waals surface area contributed by atoms with Crippen LogP contribution in [0.1, 0.15) is 50.7 Å². The Bertz CT molecular complexity index is 644. The molecule has 1 aromatic heterocycles. The van der Waals surface area contributed by atoms with Crippen LogP contribution >= 0.6 is 27.3 Å². The normalized spacial score (nSPS) is 33.9. The molecule has 0 aliphatic heterocycles. The summed E-state index contributed by atoms with van der Waals surface area (Å²) in [6, 6.07) is 4.96. The molecule has 2 heteroatoms. The van der Waals surface area contributed by atoms with Crippen LogP contribution in [0, 0.1) is 0 Å². The van der Waals surface area contributed by atoms with Gasteiger partial charge in [-0.15, -0.1) is 11.3 Å². The predicted octanol–water partition coefficient (Wildman–Crippen LogP) is 5.77. The van der Waals surface area contributed by atoms with Gasteiger partial charge in [0.15, 0.2) is 0 Å². The van der Waals surface area contributed by atoms with E-state index in [4.69, 9.17) is 0 Å². The summed E-state index contributed by atoms with van der Waals surface area (Å²) >= 11 is 5.55. The molecule has 2 aromatic rings. The number of halogens is 1. The summed E-state index contributed by atoms with van der Waals surface area (Å²) in [6.07, 6.45) is 5.47. The van der Waals surface area contributed by atoms with Gasteiger partial charge in [0.05, 0.1) is 0 Å². The molecule has 3 aliphatic carbocycles. The van der Waals surface area contributed by atoms with E-state index in [-0.39, 0.29) is 0 Å². The van der Waals surface area contributed by atoms with Crippen molar-refractivity contribution < 1.29 is 0 Å². The van der Waals surface area contributed by atoms with Crippen LogP contribution in [0.4, 0.5) is 0 Å². The van der Waals surface area contributed by atoms with Crippen LogP contribution in [-0.4, -0.2) is 0 Å². The van der Waals surface area contributed by atoms with Crippen molar-refractivity contribution in [2.24, 2.45) is 0 Å². The Balaban J connectivity index is 2.10. The third-order valence-corrected chi connectivity index (χ3v) is 7.33. The Hall–Kier alpha value is -0.340. The van der Waals surface area contributed by atoms with Crippen molar-refractivity contribution >= 4 is 37.4 Å². The average molecular weight is 321 g/mol. The third-order valence-electron chi connectivity index (χ3n) is 5.42. The molecular weight excluding hydrogens is 304 g/mol. The summed E-state index contributed by atoms with van der Waals surface area (Å²) in [5.74, 6) is 0. The monoisotopic (exact) mass is 320 g/mol. The van der Waals surface area contributed by atoms with Gasteiger partial charge in [0, 0.05) is 19.9 Å². The van der Waals surface area contributed by atoms with Gasteiger partial charge in [0.1, 0.15) is 0 Å². The molecule has 18 heavy (non-hydrogen) atoms. The van der Waals surface area contributed by atoms with E-state index in [2.05, 4.69) is 47.3 Å². The smallest absolute Gasteiger partial charge is 0.0361 e. The lowest BCUT2D eigenvalue weighted by atomic mass is 9.52. The fourth-order valence-corrected chi connectivity index (χ4v) is 5.51. The van der Waals surface area contributed by atoms with Crippen molar-refractivity contribution in [2.45, 2.75) is 50.4 Å². The molecule has 0 unspecified atom stereocenters. The van der Waals surface area contributed by atoms with Gasteiger partial charge in [-0.1, -0.05) is 13.8 Å². The van der Waals surface area contributed by atoms with E-state index in [0.29, 0.717) is 10.8 Å². The topological polar surface area (TPSA) is 0 Å². The van der Waals surface area contributed by atoms with Gasteiger partial charge in [0.2, 0.25) is 0 Å². The van der Waals surface area contributed by atoms with E-state index >= 15 is 0 Å². The van der Waals surface area contributed by atoms with Crippen LogP contribution in [0.25, 0.3) is 10.1 Å². The molecule has 0 amide bonds. The van der Waals surface area contributed by atoms with Crippen molar-refractivity contribution in [1.82, 2.24) is 0 Å². The molecule has 0 spiro atoms. The van der Waals surface area contributed by atoms with E-state index in [9.17, 15) is 0 Å². The van der Waals surface area contributed by atoms with Gasteiger partial charge in [0.25, 0.3) is 0 Å². The zero-order valence-corrected chi connectivity index (χ0v) is 13.2. The van der Waals surface area contributed by atoms with Crippen LogP contribution in [0.15, 0.2) is 22.0 Å². The minimum absolute atomic E-state index is 0.433. The lowest BCUT2D eigenvalue weighted by Crippen LogP contribution is -2.44. The number of hydrogen-bond acceptors (Lipinski definition) is 1. The van der Waals surface area contributed by atoms with Gasteiger partial charge in [-0.2, -0.15) is 0 Å². The van der Waals surface area contributed by atoms with E-state index in [1.165, 1.54) is 40.2 Å². The van der Waals surface area contributed by atoms with E-state index in [0.717, 1.165) is 0 Å². The molecule has 0 atom stereocenters. The van der Waals surface area contributed by atoms with Crippen molar-refractivity contribution in [1.29, 1.82) is 0 Å². The second kappa shape index (κ2) is 3.40. The summed E-state index contributed by atoms with van der Waals surface area (Å²) in [7, 11) is 0. The number of benzene rings is 1. The minimum atomic E-state index is 0.433. The quantitative estimate of drug-likeness (QED) is 0.578. The first-order valence-electron chi connectivity index (χ1n) is 6.74. The lowest BCUT2D eigenvalue weighted by molar-refractivity contribution is 0.188. The average Bonchev–Trinajstić information content (AvgIpc) is 2.73. The zero-order valence-electron chi connectivity index (χ0n) is 10.8. The Morgan fingerprint density at radius 3 is 2.17 bits per heavy atom. The molecule has 2 bridgehead atoms. The maximum Gasteiger partial charge on any atom is 0.0361 e. The molecule has 0 N–H and O–H groups in total. The first-order valence-corrected chi connectivity index (χ1v) is 8.41. The first kappa shape index (κ1) is 11.5. The summed E-state index contributed by atoms with van der Waals surface area (Å²) in [5, 5.41) is 3.64. The Morgan fingerprint density at radius 2 is 1.56 bits per heavy atom. The highest BCUT2D eigenvalue weighted by molar-refractivity contribution is 9.10. The van der Waals surface area contributed by atoms with E-state index < -0.39 is 0 Å². The van der Waals surface area contributed by atoms with Crippen molar-refractivity contribution in [2.75, 3.05) is 0 Å². The molecule has 0 nitrogen and oxygen atoms in total. The van der Waals surface area contributed by atoms with Crippen LogP contribution in [0.5, 0.6) is 0 Å². The van der Waals surface area contributed by atoms with Gasteiger partial charge < -0.3 is 0 Å². The van der Waals surface area contributed by atoms with Gasteiger partial charge in [-0.25, -0.2) is 0 Å². The van der Waals surface area contributed by atoms with Crippen molar-refractivity contribution in [3.05, 3.63) is 33.1 Å². The van der Waals surface area contributed by atoms with Crippen LogP contribution in [0.3, 0.4) is 0 Å². The Labute approximate surface area is 121 Å². The molecule has 1 fully saturated rings. The fraction of sp³-hybridized carbons (Fsp3) is 0.500. The first-order chi connectivity index (χ1) is 8.52. The van der Waals surface area contributed by atoms with E-state index in [1.807, 2.05) is 11.3 Å². The molecule has 94 valence electrons. The molecule has 1 aromatic carbocycles. The summed E-state index contributed by atoms with van der Waals surface area (Å²) in [6.45, 7) is 4.94. The number of hydrogen-bond donors (Lipinski definition) is 0. The number of thiophene rings is 1. The van der Waals surface area contributed by atoms with Crippen LogP contribution in [-0.2, 0) is 10.8 Å². The SMILES string of the molecule is CC12CCC(C)(CC1)c1cc3c(Br)csc3cc12. The van der Waals surface area contributed by atoms with Gasteiger partial charge in [-0.05, 0) is 75.7 Å². The van der Waals surface area contributed by atoms with Crippen LogP contribution in [0.2, 0.25) is 0 Å². The third kappa shape index (κ3) is 1.31. The maximum atomic E-state index is 3.69.